The molecule has 3 rings (SSSR count). The number of pyridine rings is 1. The Hall–Kier alpha value is -2.54. The molecule has 0 aliphatic heterocycles. The Morgan fingerprint density at radius 2 is 2.19 bits per heavy atom. The lowest BCUT2D eigenvalue weighted by Crippen LogP contribution is -2.10. The second-order valence-corrected chi connectivity index (χ2v) is 4.67. The molecule has 3 aromatic heterocycles. The average molecular weight is 284 g/mol. The fourth-order valence-electron chi connectivity index (χ4n) is 2.18. The van der Waals surface area contributed by atoms with Crippen LogP contribution in [0.25, 0.3) is 11.0 Å². The first kappa shape index (κ1) is 13.4. The number of fused-ring (bicyclic) bond motifs is 1. The Bertz CT molecular complexity index is 727. The molecule has 0 unspecified atom stereocenters. The lowest BCUT2D eigenvalue weighted by Gasteiger charge is -2.14. The van der Waals surface area contributed by atoms with Gasteiger partial charge in [0.25, 0.3) is 0 Å². The van der Waals surface area contributed by atoms with E-state index in [0.717, 1.165) is 11.1 Å². The van der Waals surface area contributed by atoms with Crippen molar-refractivity contribution in [3.63, 3.8) is 0 Å². The summed E-state index contributed by atoms with van der Waals surface area (Å²) < 4.78 is 1.66. The maximum atomic E-state index is 9.03. The van der Waals surface area contributed by atoms with E-state index in [1.165, 1.54) is 6.33 Å². The second-order valence-electron chi connectivity index (χ2n) is 4.67. The van der Waals surface area contributed by atoms with E-state index in [9.17, 15) is 0 Å². The molecular weight excluding hydrogens is 268 g/mol. The number of aliphatic hydroxyl groups is 1. The Morgan fingerprint density at radius 3 is 2.95 bits per heavy atom. The van der Waals surface area contributed by atoms with Crippen molar-refractivity contribution >= 4 is 16.9 Å². The van der Waals surface area contributed by atoms with Crippen molar-refractivity contribution in [1.29, 1.82) is 0 Å². The van der Waals surface area contributed by atoms with E-state index in [4.69, 9.17) is 5.11 Å². The van der Waals surface area contributed by atoms with Gasteiger partial charge in [-0.05, 0) is 19.1 Å². The van der Waals surface area contributed by atoms with Crippen LogP contribution in [0.15, 0.2) is 36.9 Å². The largest absolute Gasteiger partial charge is 0.394 e. The molecule has 3 heterocycles. The van der Waals surface area contributed by atoms with Gasteiger partial charge in [-0.1, -0.05) is 6.07 Å². The molecule has 0 radical (unpaired) electrons. The van der Waals surface area contributed by atoms with E-state index in [0.29, 0.717) is 18.0 Å². The first-order valence-electron chi connectivity index (χ1n) is 6.74. The third kappa shape index (κ3) is 2.68. The number of anilines is 1. The Morgan fingerprint density at radius 1 is 1.29 bits per heavy atom. The minimum absolute atomic E-state index is 0.0190. The summed E-state index contributed by atoms with van der Waals surface area (Å²) in [6.45, 7) is 2.46. The second kappa shape index (κ2) is 5.84. The van der Waals surface area contributed by atoms with Crippen molar-refractivity contribution in [2.75, 3.05) is 11.9 Å². The summed E-state index contributed by atoms with van der Waals surface area (Å²) in [5.74, 6) is 0.711. The summed E-state index contributed by atoms with van der Waals surface area (Å²) in [4.78, 5) is 12.8. The summed E-state index contributed by atoms with van der Waals surface area (Å²) in [5, 5.41) is 17.4. The van der Waals surface area contributed by atoms with Crippen molar-refractivity contribution in [2.24, 2.45) is 0 Å². The molecule has 0 saturated carbocycles. The van der Waals surface area contributed by atoms with Crippen LogP contribution in [0.5, 0.6) is 0 Å². The number of hydrogen-bond donors (Lipinski definition) is 2. The molecular formula is C14H16N6O. The van der Waals surface area contributed by atoms with E-state index in [2.05, 4.69) is 25.4 Å². The van der Waals surface area contributed by atoms with Crippen LogP contribution in [-0.2, 0) is 6.54 Å². The minimum atomic E-state index is 0.0190. The fourth-order valence-corrected chi connectivity index (χ4v) is 2.18. The highest BCUT2D eigenvalue weighted by atomic mass is 16.3. The van der Waals surface area contributed by atoms with Crippen molar-refractivity contribution in [3.8, 4) is 0 Å². The van der Waals surface area contributed by atoms with Gasteiger partial charge in [0.1, 0.15) is 12.1 Å². The van der Waals surface area contributed by atoms with Crippen LogP contribution < -0.4 is 5.32 Å². The van der Waals surface area contributed by atoms with Crippen LogP contribution in [0.1, 0.15) is 18.7 Å². The Labute approximate surface area is 121 Å². The molecule has 2 N–H and O–H groups in total. The lowest BCUT2D eigenvalue weighted by molar-refractivity contribution is 0.271. The highest BCUT2D eigenvalue weighted by Gasteiger charge is 2.12. The Balaban J connectivity index is 1.90. The number of rotatable bonds is 5. The molecule has 0 bridgehead atoms. The van der Waals surface area contributed by atoms with Crippen LogP contribution >= 0.6 is 0 Å². The van der Waals surface area contributed by atoms with Crippen LogP contribution in [0, 0.1) is 0 Å². The molecule has 0 spiro atoms. The van der Waals surface area contributed by atoms with Gasteiger partial charge in [0.2, 0.25) is 0 Å². The van der Waals surface area contributed by atoms with Gasteiger partial charge in [0.15, 0.2) is 5.65 Å². The molecule has 108 valence electrons. The summed E-state index contributed by atoms with van der Waals surface area (Å²) in [6, 6.07) is 5.82. The van der Waals surface area contributed by atoms with Gasteiger partial charge in [0, 0.05) is 6.20 Å². The molecule has 0 aromatic carbocycles. The number of aromatic nitrogens is 5. The molecule has 1 atom stereocenters. The molecule has 0 aliphatic rings. The maximum Gasteiger partial charge on any atom is 0.163 e. The summed E-state index contributed by atoms with van der Waals surface area (Å²) in [5.41, 5.74) is 1.64. The standard InChI is InChI=1S/C14H16N6O/c1-10(12-4-2-3-5-15-12)19-13-11-8-18-20(6-7-21)14(11)17-9-16-13/h2-5,8-10,21H,6-7H2,1H3,(H,16,17,19)/t10-/m0/s1. The highest BCUT2D eigenvalue weighted by Crippen LogP contribution is 2.22. The van der Waals surface area contributed by atoms with Gasteiger partial charge in [-0.15, -0.1) is 0 Å². The summed E-state index contributed by atoms with van der Waals surface area (Å²) in [7, 11) is 0. The quantitative estimate of drug-likeness (QED) is 0.736. The van der Waals surface area contributed by atoms with E-state index in [-0.39, 0.29) is 12.6 Å². The third-order valence-corrected chi connectivity index (χ3v) is 3.23. The number of hydrogen-bond acceptors (Lipinski definition) is 6. The monoisotopic (exact) mass is 284 g/mol. The van der Waals surface area contributed by atoms with Crippen LogP contribution in [0.4, 0.5) is 5.82 Å². The van der Waals surface area contributed by atoms with Gasteiger partial charge in [-0.2, -0.15) is 5.10 Å². The average Bonchev–Trinajstić information content (AvgIpc) is 2.93. The predicted octanol–water partition coefficient (Wildman–Crippen LogP) is 1.39. The molecule has 7 heteroatoms. The maximum absolute atomic E-state index is 9.03. The van der Waals surface area contributed by atoms with Crippen molar-refractivity contribution in [2.45, 2.75) is 19.5 Å². The summed E-state index contributed by atoms with van der Waals surface area (Å²) >= 11 is 0. The van der Waals surface area contributed by atoms with Gasteiger partial charge in [-0.25, -0.2) is 14.6 Å². The zero-order valence-corrected chi connectivity index (χ0v) is 11.6. The molecule has 0 fully saturated rings. The van der Waals surface area contributed by atoms with Gasteiger partial charge in [-0.3, -0.25) is 4.98 Å². The highest BCUT2D eigenvalue weighted by molar-refractivity contribution is 5.86. The topological polar surface area (TPSA) is 88.8 Å². The van der Waals surface area contributed by atoms with E-state index < -0.39 is 0 Å². The minimum Gasteiger partial charge on any atom is -0.394 e. The smallest absolute Gasteiger partial charge is 0.163 e. The van der Waals surface area contributed by atoms with Crippen molar-refractivity contribution in [3.05, 3.63) is 42.6 Å². The van der Waals surface area contributed by atoms with Crippen LogP contribution in [0.3, 0.4) is 0 Å². The molecule has 3 aromatic rings. The first-order valence-corrected chi connectivity index (χ1v) is 6.74. The zero-order valence-electron chi connectivity index (χ0n) is 11.6. The van der Waals surface area contributed by atoms with Crippen LogP contribution in [0.2, 0.25) is 0 Å². The number of aliphatic hydroxyl groups excluding tert-OH is 1. The fraction of sp³-hybridized carbons (Fsp3) is 0.286. The number of nitrogens with zero attached hydrogens (tertiary/aromatic N) is 5. The summed E-state index contributed by atoms with van der Waals surface area (Å²) in [6.07, 6.45) is 4.96. The van der Waals surface area contributed by atoms with E-state index >= 15 is 0 Å². The van der Waals surface area contributed by atoms with Crippen molar-refractivity contribution in [1.82, 2.24) is 24.7 Å². The SMILES string of the molecule is C[C@H](Nc1ncnc2c1cnn2CCO)c1ccccn1. The predicted molar refractivity (Wildman–Crippen MR) is 78.7 cm³/mol. The molecule has 21 heavy (non-hydrogen) atoms. The molecule has 0 saturated heterocycles. The molecule has 0 amide bonds. The van der Waals surface area contributed by atoms with Gasteiger partial charge >= 0.3 is 0 Å². The Kier molecular flexibility index (Phi) is 3.74. The van der Waals surface area contributed by atoms with Gasteiger partial charge in [0.05, 0.1) is 36.5 Å². The molecule has 0 aliphatic carbocycles. The number of nitrogens with one attached hydrogen (secondary N) is 1. The normalized spacial score (nSPS) is 12.5. The third-order valence-electron chi connectivity index (χ3n) is 3.23. The molecule has 7 nitrogen and oxygen atoms in total. The van der Waals surface area contributed by atoms with E-state index in [1.807, 2.05) is 25.1 Å². The lowest BCUT2D eigenvalue weighted by atomic mass is 10.2. The van der Waals surface area contributed by atoms with Gasteiger partial charge < -0.3 is 10.4 Å². The van der Waals surface area contributed by atoms with Crippen molar-refractivity contribution < 1.29 is 5.11 Å². The van der Waals surface area contributed by atoms with E-state index in [1.54, 1.807) is 17.1 Å². The van der Waals surface area contributed by atoms with Crippen LogP contribution in [-0.4, -0.2) is 36.4 Å². The first-order chi connectivity index (χ1) is 10.3. The zero-order chi connectivity index (χ0) is 14.7.